The number of ether oxygens (including phenoxy) is 2. The molecule has 0 amide bonds. The van der Waals surface area contributed by atoms with Gasteiger partial charge in [-0.15, -0.1) is 0 Å². The fourth-order valence-electron chi connectivity index (χ4n) is 1.62. The van der Waals surface area contributed by atoms with E-state index in [4.69, 9.17) is 14.7 Å². The Kier molecular flexibility index (Phi) is 4.17. The van der Waals surface area contributed by atoms with Crippen molar-refractivity contribution in [1.82, 2.24) is 9.97 Å². The molecule has 100 valence electrons. The Morgan fingerprint density at radius 3 is 2.68 bits per heavy atom. The molecule has 0 spiro atoms. The van der Waals surface area contributed by atoms with Crippen LogP contribution in [0.5, 0.6) is 11.5 Å². The molecule has 0 aliphatic heterocycles. The van der Waals surface area contributed by atoms with E-state index in [0.717, 1.165) is 16.2 Å². The molecule has 2 aromatic rings. The highest BCUT2D eigenvalue weighted by atomic mass is 32.2. The number of nitrogens with one attached hydrogen (secondary N) is 1. The number of benzene rings is 1. The van der Waals surface area contributed by atoms with Gasteiger partial charge in [0.25, 0.3) is 0 Å². The maximum atomic E-state index is 8.76. The Bertz CT molecular complexity index is 577. The minimum Gasteiger partial charge on any atom is -0.493 e. The van der Waals surface area contributed by atoms with Gasteiger partial charge in [0.2, 0.25) is 0 Å². The van der Waals surface area contributed by atoms with Crippen LogP contribution in [0, 0.1) is 17.2 Å². The van der Waals surface area contributed by atoms with Crippen molar-refractivity contribution in [3.8, 4) is 17.6 Å². The first-order valence-corrected chi connectivity index (χ1v) is 6.80. The van der Waals surface area contributed by atoms with Gasteiger partial charge in [-0.1, -0.05) is 11.8 Å². The van der Waals surface area contributed by atoms with Crippen molar-refractivity contribution in [2.45, 2.75) is 12.1 Å². The first-order chi connectivity index (χ1) is 9.17. The van der Waals surface area contributed by atoms with Gasteiger partial charge in [0.15, 0.2) is 16.7 Å². The van der Waals surface area contributed by atoms with Gasteiger partial charge in [0.05, 0.1) is 37.2 Å². The van der Waals surface area contributed by atoms with Gasteiger partial charge in [0.1, 0.15) is 0 Å². The standard InChI is InChI=1S/C13H15N3O2S/c1-8(6-14)7-19-13-15-9-4-11(17-2)12(18-3)5-10(9)16-13/h4-5,8H,7H2,1-3H3,(H,15,16). The molecule has 0 saturated carbocycles. The number of H-pyrrole nitrogens is 1. The summed E-state index contributed by atoms with van der Waals surface area (Å²) in [4.78, 5) is 7.67. The van der Waals surface area contributed by atoms with Crippen LogP contribution in [0.25, 0.3) is 11.0 Å². The fourth-order valence-corrected chi connectivity index (χ4v) is 2.45. The van der Waals surface area contributed by atoms with Gasteiger partial charge >= 0.3 is 0 Å². The van der Waals surface area contributed by atoms with Crippen LogP contribution in [0.15, 0.2) is 17.3 Å². The van der Waals surface area contributed by atoms with Crippen molar-refractivity contribution >= 4 is 22.8 Å². The molecule has 0 fully saturated rings. The summed E-state index contributed by atoms with van der Waals surface area (Å²) in [5, 5.41) is 9.56. The van der Waals surface area contributed by atoms with E-state index in [9.17, 15) is 0 Å². The number of hydrogen-bond donors (Lipinski definition) is 1. The molecule has 19 heavy (non-hydrogen) atoms. The van der Waals surface area contributed by atoms with Crippen molar-refractivity contribution in [3.63, 3.8) is 0 Å². The number of thioether (sulfide) groups is 1. The molecule has 2 rings (SSSR count). The molecule has 0 radical (unpaired) electrons. The van der Waals surface area contributed by atoms with Gasteiger partial charge in [-0.05, 0) is 6.92 Å². The van der Waals surface area contributed by atoms with Crippen LogP contribution in [0.4, 0.5) is 0 Å². The summed E-state index contributed by atoms with van der Waals surface area (Å²) in [6, 6.07) is 5.90. The molecular formula is C13H15N3O2S. The predicted molar refractivity (Wildman–Crippen MR) is 74.7 cm³/mol. The molecule has 1 atom stereocenters. The first kappa shape index (κ1) is 13.6. The lowest BCUT2D eigenvalue weighted by atomic mass is 10.3. The van der Waals surface area contributed by atoms with E-state index in [1.54, 1.807) is 14.2 Å². The lowest BCUT2D eigenvalue weighted by Crippen LogP contribution is -1.93. The molecule has 6 heteroatoms. The highest BCUT2D eigenvalue weighted by molar-refractivity contribution is 7.99. The Labute approximate surface area is 115 Å². The van der Waals surface area contributed by atoms with Crippen LogP contribution in [-0.2, 0) is 0 Å². The van der Waals surface area contributed by atoms with Crippen LogP contribution in [0.2, 0.25) is 0 Å². The van der Waals surface area contributed by atoms with Crippen LogP contribution >= 0.6 is 11.8 Å². The zero-order chi connectivity index (χ0) is 13.8. The highest BCUT2D eigenvalue weighted by Crippen LogP contribution is 2.32. The third kappa shape index (κ3) is 2.93. The molecule has 0 aliphatic carbocycles. The minimum absolute atomic E-state index is 0.00212. The Balaban J connectivity index is 2.27. The van der Waals surface area contributed by atoms with E-state index in [-0.39, 0.29) is 5.92 Å². The maximum absolute atomic E-state index is 8.76. The molecule has 1 N–H and O–H groups in total. The van der Waals surface area contributed by atoms with Crippen LogP contribution in [0.3, 0.4) is 0 Å². The summed E-state index contributed by atoms with van der Waals surface area (Å²) in [5.41, 5.74) is 1.72. The lowest BCUT2D eigenvalue weighted by molar-refractivity contribution is 0.356. The number of hydrogen-bond acceptors (Lipinski definition) is 5. The molecule has 0 aliphatic rings. The number of nitriles is 1. The van der Waals surface area contributed by atoms with Crippen LogP contribution < -0.4 is 9.47 Å². The van der Waals surface area contributed by atoms with Crippen molar-refractivity contribution < 1.29 is 9.47 Å². The number of fused-ring (bicyclic) bond motifs is 1. The van der Waals surface area contributed by atoms with Gasteiger partial charge < -0.3 is 14.5 Å². The Hall–Kier alpha value is -1.87. The van der Waals surface area contributed by atoms with Crippen molar-refractivity contribution in [1.29, 1.82) is 5.26 Å². The average molecular weight is 277 g/mol. The van der Waals surface area contributed by atoms with Crippen LogP contribution in [-0.4, -0.2) is 29.9 Å². The van der Waals surface area contributed by atoms with Crippen LogP contribution in [0.1, 0.15) is 6.92 Å². The number of imidazole rings is 1. The zero-order valence-electron chi connectivity index (χ0n) is 11.1. The normalized spacial score (nSPS) is 12.1. The first-order valence-electron chi connectivity index (χ1n) is 5.82. The lowest BCUT2D eigenvalue weighted by Gasteiger charge is -2.06. The van der Waals surface area contributed by atoms with E-state index >= 15 is 0 Å². The topological polar surface area (TPSA) is 70.9 Å². The second kappa shape index (κ2) is 5.85. The molecule has 1 heterocycles. The molecule has 1 aromatic carbocycles. The highest BCUT2D eigenvalue weighted by Gasteiger charge is 2.11. The van der Waals surface area contributed by atoms with Gasteiger partial charge in [-0.3, -0.25) is 0 Å². The predicted octanol–water partition coefficient (Wildman–Crippen LogP) is 2.83. The summed E-state index contributed by atoms with van der Waals surface area (Å²) >= 11 is 1.53. The number of aromatic nitrogens is 2. The molecule has 1 aromatic heterocycles. The van der Waals surface area contributed by atoms with Gasteiger partial charge in [-0.25, -0.2) is 4.98 Å². The maximum Gasteiger partial charge on any atom is 0.166 e. The molecule has 1 unspecified atom stereocenters. The van der Waals surface area contributed by atoms with Gasteiger partial charge in [-0.2, -0.15) is 5.26 Å². The van der Waals surface area contributed by atoms with Crippen molar-refractivity contribution in [2.24, 2.45) is 5.92 Å². The second-order valence-corrected chi connectivity index (χ2v) is 5.12. The summed E-state index contributed by atoms with van der Waals surface area (Å²) < 4.78 is 10.5. The fraction of sp³-hybridized carbons (Fsp3) is 0.385. The van der Waals surface area contributed by atoms with Crippen molar-refractivity contribution in [2.75, 3.05) is 20.0 Å². The van der Waals surface area contributed by atoms with E-state index in [1.165, 1.54) is 11.8 Å². The third-order valence-electron chi connectivity index (χ3n) is 2.66. The summed E-state index contributed by atoms with van der Waals surface area (Å²) in [6.45, 7) is 1.89. The molecular weight excluding hydrogens is 262 g/mol. The minimum atomic E-state index is 0.00212. The monoisotopic (exact) mass is 277 g/mol. The largest absolute Gasteiger partial charge is 0.493 e. The molecule has 0 bridgehead atoms. The molecule has 0 saturated heterocycles. The summed E-state index contributed by atoms with van der Waals surface area (Å²) in [5.74, 6) is 2.04. The average Bonchev–Trinajstić information content (AvgIpc) is 2.84. The molecule has 5 nitrogen and oxygen atoms in total. The quantitative estimate of drug-likeness (QED) is 0.851. The summed E-state index contributed by atoms with van der Waals surface area (Å²) in [7, 11) is 3.20. The number of aromatic amines is 1. The van der Waals surface area contributed by atoms with Gasteiger partial charge in [0, 0.05) is 17.9 Å². The number of nitrogens with zero attached hydrogens (tertiary/aromatic N) is 2. The van der Waals surface area contributed by atoms with Crippen molar-refractivity contribution in [3.05, 3.63) is 12.1 Å². The van der Waals surface area contributed by atoms with E-state index in [1.807, 2.05) is 19.1 Å². The second-order valence-electron chi connectivity index (χ2n) is 4.11. The SMILES string of the molecule is COc1cc2nc(SCC(C)C#N)[nH]c2cc1OC. The zero-order valence-corrected chi connectivity index (χ0v) is 11.9. The van der Waals surface area contributed by atoms with E-state index in [2.05, 4.69) is 16.0 Å². The Morgan fingerprint density at radius 2 is 2.05 bits per heavy atom. The smallest absolute Gasteiger partial charge is 0.166 e. The number of rotatable bonds is 5. The summed E-state index contributed by atoms with van der Waals surface area (Å²) in [6.07, 6.45) is 0. The number of methoxy groups -OCH3 is 2. The van der Waals surface area contributed by atoms with E-state index < -0.39 is 0 Å². The van der Waals surface area contributed by atoms with E-state index in [0.29, 0.717) is 17.3 Å². The third-order valence-corrected chi connectivity index (χ3v) is 3.79. The Morgan fingerprint density at radius 1 is 1.37 bits per heavy atom.